The third-order valence-electron chi connectivity index (χ3n) is 5.19. The van der Waals surface area contributed by atoms with Gasteiger partial charge in [0.1, 0.15) is 11.4 Å². The Kier molecular flexibility index (Phi) is 8.92. The zero-order valence-electron chi connectivity index (χ0n) is 19.7. The fourth-order valence-corrected chi connectivity index (χ4v) is 3.39. The van der Waals surface area contributed by atoms with E-state index in [0.717, 1.165) is 24.2 Å². The number of hydrogen-bond donors (Lipinski definition) is 2. The highest BCUT2D eigenvalue weighted by atomic mass is 16.6. The number of methoxy groups -OCH3 is 1. The summed E-state index contributed by atoms with van der Waals surface area (Å²) in [7, 11) is 1.64. The monoisotopic (exact) mass is 431 g/mol. The standard InChI is InChI=1S/C24H37N3O4/c1-17(20-8-7-9-21(16-20)30-6)26-18(2)22(28)25-13-10-19-11-14-27(15-12-19)23(29)31-24(3,4)5/h7-9,11,16-18,26H,10,12-15H2,1-6H3,(H,25,28). The summed E-state index contributed by atoms with van der Waals surface area (Å²) >= 11 is 0. The Labute approximate surface area is 186 Å². The second kappa shape index (κ2) is 11.2. The molecule has 0 aromatic heterocycles. The minimum atomic E-state index is -0.486. The number of benzene rings is 1. The van der Waals surface area contributed by atoms with Crippen molar-refractivity contribution in [2.75, 3.05) is 26.7 Å². The molecule has 2 N–H and O–H groups in total. The molecule has 172 valence electrons. The van der Waals surface area contributed by atoms with Crippen LogP contribution in [0.2, 0.25) is 0 Å². The summed E-state index contributed by atoms with van der Waals surface area (Å²) in [6.07, 6.45) is 3.37. The van der Waals surface area contributed by atoms with E-state index in [-0.39, 0.29) is 24.1 Å². The molecule has 2 atom stereocenters. The van der Waals surface area contributed by atoms with Gasteiger partial charge in [-0.15, -0.1) is 0 Å². The van der Waals surface area contributed by atoms with Crippen molar-refractivity contribution in [3.63, 3.8) is 0 Å². The molecule has 2 unspecified atom stereocenters. The molecule has 1 aromatic carbocycles. The number of amides is 2. The molecule has 1 aliphatic rings. The van der Waals surface area contributed by atoms with E-state index >= 15 is 0 Å². The van der Waals surface area contributed by atoms with Crippen LogP contribution < -0.4 is 15.4 Å². The van der Waals surface area contributed by atoms with Crippen molar-refractivity contribution in [2.24, 2.45) is 0 Å². The number of hydrogen-bond acceptors (Lipinski definition) is 5. The van der Waals surface area contributed by atoms with E-state index in [1.807, 2.05) is 58.9 Å². The highest BCUT2D eigenvalue weighted by Gasteiger charge is 2.23. The number of rotatable bonds is 8. The molecule has 0 aliphatic carbocycles. The van der Waals surface area contributed by atoms with Crippen molar-refractivity contribution in [1.29, 1.82) is 0 Å². The van der Waals surface area contributed by atoms with E-state index in [4.69, 9.17) is 9.47 Å². The van der Waals surface area contributed by atoms with E-state index in [0.29, 0.717) is 19.6 Å². The van der Waals surface area contributed by atoms with Crippen LogP contribution in [0.4, 0.5) is 4.79 Å². The number of carbonyl (C=O) groups is 2. The summed E-state index contributed by atoms with van der Waals surface area (Å²) in [6, 6.07) is 7.54. The normalized spacial score (nSPS) is 16.2. The second-order valence-corrected chi connectivity index (χ2v) is 8.97. The largest absolute Gasteiger partial charge is 0.497 e. The molecule has 0 spiro atoms. The zero-order valence-corrected chi connectivity index (χ0v) is 19.7. The predicted octanol–water partition coefficient (Wildman–Crippen LogP) is 3.81. The lowest BCUT2D eigenvalue weighted by Crippen LogP contribution is -2.43. The van der Waals surface area contributed by atoms with E-state index in [2.05, 4.69) is 16.7 Å². The summed E-state index contributed by atoms with van der Waals surface area (Å²) in [5.41, 5.74) is 1.84. The van der Waals surface area contributed by atoms with E-state index in [1.165, 1.54) is 5.57 Å². The van der Waals surface area contributed by atoms with Crippen LogP contribution in [0.5, 0.6) is 5.75 Å². The lowest BCUT2D eigenvalue weighted by atomic mass is 10.0. The quantitative estimate of drug-likeness (QED) is 0.612. The molecular formula is C24H37N3O4. The van der Waals surface area contributed by atoms with Gasteiger partial charge in [0.2, 0.25) is 5.91 Å². The van der Waals surface area contributed by atoms with E-state index in [1.54, 1.807) is 12.0 Å². The van der Waals surface area contributed by atoms with Crippen molar-refractivity contribution >= 4 is 12.0 Å². The Bertz CT molecular complexity index is 785. The molecule has 7 heteroatoms. The molecule has 0 bridgehead atoms. The average Bonchev–Trinajstić information content (AvgIpc) is 2.72. The highest BCUT2D eigenvalue weighted by molar-refractivity contribution is 5.81. The summed E-state index contributed by atoms with van der Waals surface area (Å²) in [5.74, 6) is 0.774. The lowest BCUT2D eigenvalue weighted by Gasteiger charge is -2.29. The number of nitrogens with zero attached hydrogens (tertiary/aromatic N) is 1. The Balaban J connectivity index is 1.73. The van der Waals surface area contributed by atoms with Crippen molar-refractivity contribution < 1.29 is 19.1 Å². The van der Waals surface area contributed by atoms with Crippen molar-refractivity contribution in [3.05, 3.63) is 41.5 Å². The molecule has 7 nitrogen and oxygen atoms in total. The number of carbonyl (C=O) groups excluding carboxylic acids is 2. The van der Waals surface area contributed by atoms with Gasteiger partial charge in [0.25, 0.3) is 0 Å². The molecule has 0 radical (unpaired) electrons. The maximum absolute atomic E-state index is 12.5. The maximum Gasteiger partial charge on any atom is 0.410 e. The summed E-state index contributed by atoms with van der Waals surface area (Å²) in [4.78, 5) is 26.3. The van der Waals surface area contributed by atoms with Gasteiger partial charge in [-0.05, 0) is 65.2 Å². The van der Waals surface area contributed by atoms with Gasteiger partial charge in [-0.1, -0.05) is 23.8 Å². The predicted molar refractivity (Wildman–Crippen MR) is 122 cm³/mol. The van der Waals surface area contributed by atoms with Gasteiger partial charge in [0.15, 0.2) is 0 Å². The van der Waals surface area contributed by atoms with Crippen LogP contribution in [0.25, 0.3) is 0 Å². The van der Waals surface area contributed by atoms with Gasteiger partial charge in [0.05, 0.1) is 13.2 Å². The van der Waals surface area contributed by atoms with E-state index < -0.39 is 5.60 Å². The Morgan fingerprint density at radius 2 is 1.97 bits per heavy atom. The molecule has 2 amide bonds. The summed E-state index contributed by atoms with van der Waals surface area (Å²) < 4.78 is 10.7. The van der Waals surface area contributed by atoms with Crippen molar-refractivity contribution in [2.45, 2.75) is 65.1 Å². The molecule has 31 heavy (non-hydrogen) atoms. The second-order valence-electron chi connectivity index (χ2n) is 8.97. The van der Waals surface area contributed by atoms with Gasteiger partial charge >= 0.3 is 6.09 Å². The third-order valence-corrected chi connectivity index (χ3v) is 5.19. The molecule has 1 aliphatic heterocycles. The van der Waals surface area contributed by atoms with Crippen molar-refractivity contribution in [3.8, 4) is 5.75 Å². The van der Waals surface area contributed by atoms with Crippen LogP contribution in [0.3, 0.4) is 0 Å². The van der Waals surface area contributed by atoms with Crippen LogP contribution >= 0.6 is 0 Å². The van der Waals surface area contributed by atoms with Gasteiger partial charge in [-0.2, -0.15) is 0 Å². The Morgan fingerprint density at radius 3 is 2.58 bits per heavy atom. The first-order chi connectivity index (χ1) is 14.6. The molecule has 0 saturated carbocycles. The van der Waals surface area contributed by atoms with Gasteiger partial charge in [0, 0.05) is 25.7 Å². The third kappa shape index (κ3) is 8.25. The molecular weight excluding hydrogens is 394 g/mol. The minimum absolute atomic E-state index is 0.0238. The SMILES string of the molecule is COc1cccc(C(C)NC(C)C(=O)NCCC2=CCN(C(=O)OC(C)(C)C)CC2)c1. The molecule has 0 fully saturated rings. The smallest absolute Gasteiger partial charge is 0.410 e. The topological polar surface area (TPSA) is 79.9 Å². The van der Waals surface area contributed by atoms with Crippen LogP contribution in [-0.4, -0.2) is 55.3 Å². The first kappa shape index (κ1) is 24.7. The Morgan fingerprint density at radius 1 is 1.23 bits per heavy atom. The number of nitrogens with one attached hydrogen (secondary N) is 2. The van der Waals surface area contributed by atoms with Gasteiger partial charge in [-0.3, -0.25) is 10.1 Å². The van der Waals surface area contributed by atoms with Crippen LogP contribution in [0.15, 0.2) is 35.9 Å². The molecule has 2 rings (SSSR count). The van der Waals surface area contributed by atoms with Crippen LogP contribution in [-0.2, 0) is 9.53 Å². The molecule has 0 saturated heterocycles. The van der Waals surface area contributed by atoms with E-state index in [9.17, 15) is 9.59 Å². The van der Waals surface area contributed by atoms with Crippen molar-refractivity contribution in [1.82, 2.24) is 15.5 Å². The Hall–Kier alpha value is -2.54. The van der Waals surface area contributed by atoms with Crippen LogP contribution in [0, 0.1) is 0 Å². The van der Waals surface area contributed by atoms with Crippen LogP contribution in [0.1, 0.15) is 59.1 Å². The maximum atomic E-state index is 12.5. The van der Waals surface area contributed by atoms with Gasteiger partial charge < -0.3 is 19.7 Å². The fraction of sp³-hybridized carbons (Fsp3) is 0.583. The average molecular weight is 432 g/mol. The summed E-state index contributed by atoms with van der Waals surface area (Å²) in [5, 5.41) is 6.33. The molecule has 1 heterocycles. The first-order valence-electron chi connectivity index (χ1n) is 10.9. The highest BCUT2D eigenvalue weighted by Crippen LogP contribution is 2.19. The summed E-state index contributed by atoms with van der Waals surface area (Å²) in [6.45, 7) is 11.3. The zero-order chi connectivity index (χ0) is 23.0. The number of ether oxygens (including phenoxy) is 2. The molecule has 1 aromatic rings. The lowest BCUT2D eigenvalue weighted by molar-refractivity contribution is -0.122. The fourth-order valence-electron chi connectivity index (χ4n) is 3.39. The van der Waals surface area contributed by atoms with Gasteiger partial charge in [-0.25, -0.2) is 4.79 Å². The first-order valence-corrected chi connectivity index (χ1v) is 10.9. The minimum Gasteiger partial charge on any atom is -0.497 e.